The molecule has 0 amide bonds. The number of carbonyl (C=O) groups is 1. The van der Waals surface area contributed by atoms with Gasteiger partial charge in [-0.05, 0) is 12.3 Å². The van der Waals surface area contributed by atoms with Gasteiger partial charge in [-0.3, -0.25) is 0 Å². The first-order chi connectivity index (χ1) is 7.54. The fraction of sp³-hybridized carbons (Fsp3) is 0.667. The van der Waals surface area contributed by atoms with Gasteiger partial charge < -0.3 is 5.11 Å². The van der Waals surface area contributed by atoms with Gasteiger partial charge in [0.15, 0.2) is 0 Å². The largest absolute Gasteiger partial charge is 0.478 e. The number of aliphatic imine (C=N–C) groups is 1. The van der Waals surface area contributed by atoms with E-state index in [2.05, 4.69) is 25.4 Å². The molecule has 0 unspecified atom stereocenters. The minimum absolute atomic E-state index is 0.654. The molecule has 0 aliphatic heterocycles. The second-order valence-electron chi connectivity index (χ2n) is 3.76. The summed E-state index contributed by atoms with van der Waals surface area (Å²) in [5.74, 6) is -0.186. The van der Waals surface area contributed by atoms with Crippen molar-refractivity contribution >= 4 is 12.0 Å². The molecule has 0 fully saturated rings. The summed E-state index contributed by atoms with van der Waals surface area (Å²) in [6.45, 7) is 8.07. The predicted molar refractivity (Wildman–Crippen MR) is 64.1 cm³/mol. The predicted octanol–water partition coefficient (Wildman–Crippen LogP) is 2.80. The lowest BCUT2D eigenvalue weighted by Crippen LogP contribution is -1.88. The molecule has 0 bridgehead atoms. The summed E-state index contributed by atoms with van der Waals surface area (Å²) in [5, 5.41) is 7.60. The molecule has 0 aromatic rings. The Morgan fingerprint density at radius 1 is 1.44 bits per heavy atom. The maximum Gasteiger partial charge on any atom is 0.327 e. The molecule has 0 atom stereocenters. The third kappa shape index (κ3) is 22.9. The molecule has 0 aromatic carbocycles. The van der Waals surface area contributed by atoms with E-state index in [-0.39, 0.29) is 0 Å². The molecule has 92 valence electrons. The fourth-order valence-corrected chi connectivity index (χ4v) is 0.966. The van der Waals surface area contributed by atoms with Crippen LogP contribution in [0.5, 0.6) is 0 Å². The number of nitrogens with zero attached hydrogens (tertiary/aromatic N) is 1. The van der Waals surface area contributed by atoms with Crippen molar-refractivity contribution < 1.29 is 14.7 Å². The highest BCUT2D eigenvalue weighted by Gasteiger charge is 1.92. The Morgan fingerprint density at radius 3 is 2.38 bits per heavy atom. The van der Waals surface area contributed by atoms with Gasteiger partial charge in [0.05, 0.1) is 6.54 Å². The van der Waals surface area contributed by atoms with E-state index in [0.29, 0.717) is 6.54 Å². The Balaban J connectivity index is 0. The molecule has 0 saturated carbocycles. The fourth-order valence-electron chi connectivity index (χ4n) is 0.966. The van der Waals surface area contributed by atoms with Crippen molar-refractivity contribution in [2.75, 3.05) is 6.54 Å². The molecule has 0 saturated heterocycles. The van der Waals surface area contributed by atoms with E-state index < -0.39 is 5.97 Å². The Labute approximate surface area is 97.1 Å². The number of unbranched alkanes of at least 4 members (excludes halogenated alkanes) is 2. The highest BCUT2D eigenvalue weighted by atomic mass is 16.4. The monoisotopic (exact) mass is 227 g/mol. The number of carboxylic acid groups (broad SMARTS) is 1. The third-order valence-electron chi connectivity index (χ3n) is 1.79. The van der Waals surface area contributed by atoms with Crippen LogP contribution in [-0.2, 0) is 9.59 Å². The molecule has 0 aliphatic rings. The van der Waals surface area contributed by atoms with Gasteiger partial charge in [-0.25, -0.2) is 14.6 Å². The standard InChI is InChI=1S/C9H17NO.C3H4O2/c1-9(2)6-4-3-5-7-10-8-11;1-2-3(4)5/h9H,3-7H2,1-2H3;2H,1H2,(H,4,5). The lowest BCUT2D eigenvalue weighted by atomic mass is 10.1. The zero-order valence-corrected chi connectivity index (χ0v) is 10.1. The molecule has 0 rings (SSSR count). The first-order valence-electron chi connectivity index (χ1n) is 5.43. The molecule has 4 nitrogen and oxygen atoms in total. The van der Waals surface area contributed by atoms with Crippen molar-refractivity contribution in [3.05, 3.63) is 12.7 Å². The number of hydrogen-bond donors (Lipinski definition) is 1. The second kappa shape index (κ2) is 13.6. The maximum atomic E-state index is 9.65. The first-order valence-corrected chi connectivity index (χ1v) is 5.43. The summed E-state index contributed by atoms with van der Waals surface area (Å²) in [6, 6.07) is 0. The van der Waals surface area contributed by atoms with E-state index in [1.165, 1.54) is 19.3 Å². The summed E-state index contributed by atoms with van der Waals surface area (Å²) < 4.78 is 0. The zero-order chi connectivity index (χ0) is 12.8. The van der Waals surface area contributed by atoms with Crippen LogP contribution in [0.15, 0.2) is 17.6 Å². The topological polar surface area (TPSA) is 66.7 Å². The van der Waals surface area contributed by atoms with E-state index in [4.69, 9.17) is 5.11 Å². The Kier molecular flexibility index (Phi) is 14.4. The first kappa shape index (κ1) is 17.0. The van der Waals surface area contributed by atoms with Gasteiger partial charge in [0.25, 0.3) is 0 Å². The molecule has 4 heteroatoms. The number of aliphatic carboxylic acids is 1. The van der Waals surface area contributed by atoms with Crippen LogP contribution in [0.3, 0.4) is 0 Å². The summed E-state index contributed by atoms with van der Waals surface area (Å²) in [6.07, 6.45) is 7.13. The van der Waals surface area contributed by atoms with Crippen LogP contribution >= 0.6 is 0 Å². The quantitative estimate of drug-likeness (QED) is 0.315. The van der Waals surface area contributed by atoms with E-state index >= 15 is 0 Å². The van der Waals surface area contributed by atoms with Crippen LogP contribution in [0.2, 0.25) is 0 Å². The number of carboxylic acids is 1. The van der Waals surface area contributed by atoms with E-state index in [0.717, 1.165) is 18.4 Å². The van der Waals surface area contributed by atoms with Crippen LogP contribution in [0.1, 0.15) is 39.5 Å². The Bertz CT molecular complexity index is 230. The molecule has 0 aliphatic carbocycles. The van der Waals surface area contributed by atoms with Gasteiger partial charge in [0.1, 0.15) is 0 Å². The lowest BCUT2D eigenvalue weighted by Gasteiger charge is -2.01. The van der Waals surface area contributed by atoms with Crippen molar-refractivity contribution in [3.63, 3.8) is 0 Å². The Hall–Kier alpha value is -1.41. The summed E-state index contributed by atoms with van der Waals surface area (Å²) in [5.41, 5.74) is 0. The minimum Gasteiger partial charge on any atom is -0.478 e. The molecule has 0 radical (unpaired) electrons. The third-order valence-corrected chi connectivity index (χ3v) is 1.79. The highest BCUT2D eigenvalue weighted by Crippen LogP contribution is 2.07. The van der Waals surface area contributed by atoms with Gasteiger partial charge in [-0.15, -0.1) is 0 Å². The highest BCUT2D eigenvalue weighted by molar-refractivity contribution is 5.78. The maximum absolute atomic E-state index is 9.65. The average molecular weight is 227 g/mol. The van der Waals surface area contributed by atoms with Gasteiger partial charge in [0, 0.05) is 6.08 Å². The van der Waals surface area contributed by atoms with Crippen LogP contribution < -0.4 is 0 Å². The molecule has 0 spiro atoms. The van der Waals surface area contributed by atoms with Crippen LogP contribution in [0, 0.1) is 5.92 Å². The van der Waals surface area contributed by atoms with E-state index in [1.54, 1.807) is 6.08 Å². The van der Waals surface area contributed by atoms with Crippen molar-refractivity contribution in [2.45, 2.75) is 39.5 Å². The van der Waals surface area contributed by atoms with Crippen molar-refractivity contribution in [2.24, 2.45) is 10.9 Å². The molecule has 0 aromatic heterocycles. The van der Waals surface area contributed by atoms with Gasteiger partial charge >= 0.3 is 5.97 Å². The van der Waals surface area contributed by atoms with Crippen molar-refractivity contribution in [1.29, 1.82) is 0 Å². The number of carbonyl (C=O) groups excluding carboxylic acids is 1. The van der Waals surface area contributed by atoms with Gasteiger partial charge in [0.2, 0.25) is 6.08 Å². The summed E-state index contributed by atoms with van der Waals surface area (Å²) >= 11 is 0. The normalized spacial score (nSPS) is 8.69. The summed E-state index contributed by atoms with van der Waals surface area (Å²) in [4.78, 5) is 22.4. The second-order valence-corrected chi connectivity index (χ2v) is 3.76. The molecule has 1 N–H and O–H groups in total. The molecule has 0 heterocycles. The molecule has 16 heavy (non-hydrogen) atoms. The smallest absolute Gasteiger partial charge is 0.327 e. The van der Waals surface area contributed by atoms with Crippen LogP contribution in [0.25, 0.3) is 0 Å². The van der Waals surface area contributed by atoms with Crippen LogP contribution in [0.4, 0.5) is 0 Å². The van der Waals surface area contributed by atoms with Gasteiger partial charge in [-0.2, -0.15) is 0 Å². The Morgan fingerprint density at radius 2 is 2.00 bits per heavy atom. The SMILES string of the molecule is C=CC(=O)O.CC(C)CCCCCN=C=O. The number of hydrogen-bond acceptors (Lipinski definition) is 3. The summed E-state index contributed by atoms with van der Waals surface area (Å²) in [7, 11) is 0. The number of rotatable bonds is 7. The van der Waals surface area contributed by atoms with Crippen molar-refractivity contribution in [1.82, 2.24) is 0 Å². The number of isocyanates is 1. The van der Waals surface area contributed by atoms with E-state index in [1.807, 2.05) is 0 Å². The van der Waals surface area contributed by atoms with Crippen molar-refractivity contribution in [3.8, 4) is 0 Å². The lowest BCUT2D eigenvalue weighted by molar-refractivity contribution is -0.131. The van der Waals surface area contributed by atoms with Crippen LogP contribution in [-0.4, -0.2) is 23.7 Å². The van der Waals surface area contributed by atoms with Gasteiger partial charge in [-0.1, -0.05) is 39.7 Å². The molecular formula is C12H21NO3. The average Bonchev–Trinajstić information content (AvgIpc) is 2.23. The molecular weight excluding hydrogens is 206 g/mol. The minimum atomic E-state index is -0.981. The zero-order valence-electron chi connectivity index (χ0n) is 10.1. The van der Waals surface area contributed by atoms with E-state index in [9.17, 15) is 9.59 Å².